The molecule has 1 N–H and O–H groups in total. The zero-order valence-electron chi connectivity index (χ0n) is 20.1. The molecule has 0 aliphatic heterocycles. The third-order valence-electron chi connectivity index (χ3n) is 5.28. The van der Waals surface area contributed by atoms with Crippen LogP contribution in [-0.2, 0) is 5.75 Å². The lowest BCUT2D eigenvalue weighted by Gasteiger charge is -2.12. The largest absolute Gasteiger partial charge is 0.495 e. The monoisotopic (exact) mass is 508 g/mol. The second-order valence-electron chi connectivity index (χ2n) is 8.11. The summed E-state index contributed by atoms with van der Waals surface area (Å²) in [5.74, 6) is 0.534. The first-order valence-corrected chi connectivity index (χ1v) is 12.2. The highest BCUT2D eigenvalue weighted by Crippen LogP contribution is 2.28. The quantitative estimate of drug-likeness (QED) is 0.260. The van der Waals surface area contributed by atoms with Crippen LogP contribution in [0.2, 0.25) is 5.02 Å². The first-order valence-electron chi connectivity index (χ1n) is 10.9. The number of aryl methyl sites for hydroxylation is 4. The van der Waals surface area contributed by atoms with E-state index in [1.807, 2.05) is 64.1 Å². The maximum Gasteiger partial charge on any atom is 0.278 e. The molecule has 0 bridgehead atoms. The number of thioether (sulfide) groups is 1. The number of benzene rings is 2. The van der Waals surface area contributed by atoms with Crippen LogP contribution >= 0.6 is 23.4 Å². The van der Waals surface area contributed by atoms with Gasteiger partial charge in [0, 0.05) is 22.2 Å². The number of methoxy groups -OCH3 is 1. The van der Waals surface area contributed by atoms with Gasteiger partial charge in [0.15, 0.2) is 10.9 Å². The predicted octanol–water partition coefficient (Wildman–Crippen LogP) is 5.50. The van der Waals surface area contributed by atoms with E-state index in [0.29, 0.717) is 38.8 Å². The first kappa shape index (κ1) is 24.7. The molecule has 0 aliphatic carbocycles. The molecule has 0 radical (unpaired) electrons. The molecule has 1 amide bonds. The van der Waals surface area contributed by atoms with Crippen LogP contribution in [0, 0.1) is 27.7 Å². The van der Waals surface area contributed by atoms with Gasteiger partial charge in [0.05, 0.1) is 24.2 Å². The van der Waals surface area contributed by atoms with Crippen LogP contribution in [0.25, 0.3) is 5.69 Å². The second kappa shape index (κ2) is 10.5. The minimum Gasteiger partial charge on any atom is -0.495 e. The third kappa shape index (κ3) is 5.63. The molecule has 0 spiro atoms. The average molecular weight is 509 g/mol. The van der Waals surface area contributed by atoms with Gasteiger partial charge in [-0.3, -0.25) is 4.79 Å². The Hall–Kier alpha value is -3.43. The minimum absolute atomic E-state index is 0.196. The molecular formula is C25H25ClN6O2S. The molecule has 8 nitrogen and oxygen atoms in total. The Bertz CT molecular complexity index is 1380. The van der Waals surface area contributed by atoms with Gasteiger partial charge in [-0.25, -0.2) is 14.6 Å². The number of rotatable bonds is 7. The van der Waals surface area contributed by atoms with E-state index in [-0.39, 0.29) is 5.69 Å². The van der Waals surface area contributed by atoms with Crippen LogP contribution in [0.1, 0.15) is 38.7 Å². The van der Waals surface area contributed by atoms with Crippen molar-refractivity contribution in [2.75, 3.05) is 12.4 Å². The second-order valence-corrected chi connectivity index (χ2v) is 9.46. The minimum atomic E-state index is -0.393. The summed E-state index contributed by atoms with van der Waals surface area (Å²) in [7, 11) is 1.56. The number of anilines is 1. The Balaban J connectivity index is 1.72. The molecule has 0 saturated heterocycles. The summed E-state index contributed by atoms with van der Waals surface area (Å²) in [5, 5.41) is 12.6. The number of hydrogen-bond donors (Lipinski definition) is 1. The summed E-state index contributed by atoms with van der Waals surface area (Å²) in [6.07, 6.45) is 0. The van der Waals surface area contributed by atoms with Gasteiger partial charge in [0.25, 0.3) is 5.91 Å². The molecule has 35 heavy (non-hydrogen) atoms. The first-order chi connectivity index (χ1) is 16.7. The van der Waals surface area contributed by atoms with Crippen molar-refractivity contribution < 1.29 is 9.53 Å². The van der Waals surface area contributed by atoms with E-state index >= 15 is 0 Å². The summed E-state index contributed by atoms with van der Waals surface area (Å²) < 4.78 is 7.03. The van der Waals surface area contributed by atoms with Gasteiger partial charge in [-0.05, 0) is 69.2 Å². The summed E-state index contributed by atoms with van der Waals surface area (Å²) >= 11 is 7.78. The van der Waals surface area contributed by atoms with Crippen LogP contribution in [-0.4, -0.2) is 38.0 Å². The molecule has 4 aromatic rings. The summed E-state index contributed by atoms with van der Waals surface area (Å²) in [5.41, 5.74) is 5.74. The molecule has 0 atom stereocenters. The summed E-state index contributed by atoms with van der Waals surface area (Å²) in [6, 6.07) is 13.1. The van der Waals surface area contributed by atoms with E-state index in [4.69, 9.17) is 16.3 Å². The van der Waals surface area contributed by atoms with Crippen LogP contribution in [0.4, 0.5) is 5.69 Å². The molecule has 0 fully saturated rings. The van der Waals surface area contributed by atoms with Gasteiger partial charge in [-0.15, -0.1) is 5.10 Å². The van der Waals surface area contributed by atoms with E-state index in [1.165, 1.54) is 11.8 Å². The Kier molecular flexibility index (Phi) is 7.37. The predicted molar refractivity (Wildman–Crippen MR) is 138 cm³/mol. The maximum atomic E-state index is 13.4. The molecule has 180 valence electrons. The Morgan fingerprint density at radius 2 is 1.80 bits per heavy atom. The summed E-state index contributed by atoms with van der Waals surface area (Å²) in [6.45, 7) is 7.72. The molecule has 0 unspecified atom stereocenters. The highest BCUT2D eigenvalue weighted by molar-refractivity contribution is 7.98. The van der Waals surface area contributed by atoms with Crippen molar-refractivity contribution in [1.29, 1.82) is 0 Å². The normalized spacial score (nSPS) is 10.9. The third-order valence-corrected chi connectivity index (χ3v) is 6.55. The molecule has 2 aromatic heterocycles. The van der Waals surface area contributed by atoms with E-state index in [0.717, 1.165) is 22.5 Å². The fourth-order valence-corrected chi connectivity index (χ4v) is 4.64. The topological polar surface area (TPSA) is 94.8 Å². The van der Waals surface area contributed by atoms with Crippen LogP contribution in [0.3, 0.4) is 0 Å². The number of carbonyl (C=O) groups excluding carboxylic acids is 1. The lowest BCUT2D eigenvalue weighted by molar-refractivity contribution is 0.102. The molecule has 0 saturated carbocycles. The number of ether oxygens (including phenoxy) is 1. The lowest BCUT2D eigenvalue weighted by atomic mass is 10.2. The van der Waals surface area contributed by atoms with Crippen molar-refractivity contribution in [3.63, 3.8) is 0 Å². The van der Waals surface area contributed by atoms with Crippen molar-refractivity contribution in [3.05, 3.63) is 81.4 Å². The fraction of sp³-hybridized carbons (Fsp3) is 0.240. The zero-order chi connectivity index (χ0) is 25.1. The van der Waals surface area contributed by atoms with Gasteiger partial charge in [0.2, 0.25) is 0 Å². The van der Waals surface area contributed by atoms with Gasteiger partial charge < -0.3 is 10.1 Å². The number of nitrogens with zero attached hydrogens (tertiary/aromatic N) is 5. The number of hydrogen-bond acceptors (Lipinski definition) is 7. The van der Waals surface area contributed by atoms with Crippen molar-refractivity contribution in [1.82, 2.24) is 25.0 Å². The highest BCUT2D eigenvalue weighted by Gasteiger charge is 2.23. The number of aromatic nitrogens is 5. The maximum absolute atomic E-state index is 13.4. The SMILES string of the molecule is COc1ccc(C)cc1NC(=O)c1nnn(-c2ccc(C)c(Cl)c2)c1CSc1nc(C)cc(C)n1. The molecule has 2 aromatic carbocycles. The van der Waals surface area contributed by atoms with Crippen molar-refractivity contribution in [2.24, 2.45) is 0 Å². The molecule has 0 aliphatic rings. The Labute approximate surface area is 213 Å². The van der Waals surface area contributed by atoms with Crippen LogP contribution < -0.4 is 10.1 Å². The number of carbonyl (C=O) groups is 1. The smallest absolute Gasteiger partial charge is 0.278 e. The highest BCUT2D eigenvalue weighted by atomic mass is 35.5. The number of amides is 1. The van der Waals surface area contributed by atoms with Crippen molar-refractivity contribution in [3.8, 4) is 11.4 Å². The lowest BCUT2D eigenvalue weighted by Crippen LogP contribution is -2.16. The van der Waals surface area contributed by atoms with E-state index < -0.39 is 5.91 Å². The van der Waals surface area contributed by atoms with Gasteiger partial charge in [-0.1, -0.05) is 40.7 Å². The van der Waals surface area contributed by atoms with Crippen molar-refractivity contribution in [2.45, 2.75) is 38.6 Å². The number of nitrogens with one attached hydrogen (secondary N) is 1. The molecular weight excluding hydrogens is 484 g/mol. The standard InChI is InChI=1S/C25H25ClN6O2S/c1-14-6-9-22(34-5)20(10-14)29-24(33)23-21(13-35-25-27-16(3)11-17(4)28-25)32(31-30-23)18-8-7-15(2)19(26)12-18/h6-12H,13H2,1-5H3,(H,29,33). The fourth-order valence-electron chi connectivity index (χ4n) is 3.52. The average Bonchev–Trinajstić information content (AvgIpc) is 3.23. The number of halogens is 1. The van der Waals surface area contributed by atoms with Crippen LogP contribution in [0.5, 0.6) is 5.75 Å². The molecule has 4 rings (SSSR count). The summed E-state index contributed by atoms with van der Waals surface area (Å²) in [4.78, 5) is 22.4. The van der Waals surface area contributed by atoms with Gasteiger partial charge in [0.1, 0.15) is 5.75 Å². The van der Waals surface area contributed by atoms with E-state index in [9.17, 15) is 4.79 Å². The van der Waals surface area contributed by atoms with E-state index in [1.54, 1.807) is 17.9 Å². The molecule has 10 heteroatoms. The van der Waals surface area contributed by atoms with Gasteiger partial charge in [-0.2, -0.15) is 0 Å². The van der Waals surface area contributed by atoms with Crippen LogP contribution in [0.15, 0.2) is 47.6 Å². The zero-order valence-corrected chi connectivity index (χ0v) is 21.7. The van der Waals surface area contributed by atoms with E-state index in [2.05, 4.69) is 25.6 Å². The Morgan fingerprint density at radius 3 is 2.49 bits per heavy atom. The van der Waals surface area contributed by atoms with Gasteiger partial charge >= 0.3 is 0 Å². The molecule has 2 heterocycles. The van der Waals surface area contributed by atoms with Crippen molar-refractivity contribution >= 4 is 35.0 Å². The Morgan fingerprint density at radius 1 is 1.06 bits per heavy atom.